The van der Waals surface area contributed by atoms with Crippen LogP contribution in [-0.2, 0) is 9.53 Å². The summed E-state index contributed by atoms with van der Waals surface area (Å²) in [6.45, 7) is 3.82. The lowest BCUT2D eigenvalue weighted by Gasteiger charge is -2.25. The largest absolute Gasteiger partial charge is 0.392 e. The van der Waals surface area contributed by atoms with Gasteiger partial charge in [-0.1, -0.05) is 45.3 Å². The molecule has 0 radical (unpaired) electrons. The van der Waals surface area contributed by atoms with Gasteiger partial charge in [-0.2, -0.15) is 0 Å². The van der Waals surface area contributed by atoms with Gasteiger partial charge in [0.15, 0.2) is 5.78 Å². The van der Waals surface area contributed by atoms with Crippen molar-refractivity contribution in [2.45, 2.75) is 108 Å². The van der Waals surface area contributed by atoms with Crippen LogP contribution in [0.5, 0.6) is 0 Å². The summed E-state index contributed by atoms with van der Waals surface area (Å²) in [5.74, 6) is 0.363. The zero-order chi connectivity index (χ0) is 20.6. The molecule has 2 aliphatic rings. The fourth-order valence-corrected chi connectivity index (χ4v) is 4.78. The summed E-state index contributed by atoms with van der Waals surface area (Å²) in [5, 5.41) is 29.9. The molecule has 0 bridgehead atoms. The zero-order valence-corrected chi connectivity index (χ0v) is 17.7. The Labute approximate surface area is 170 Å². The van der Waals surface area contributed by atoms with E-state index in [1.165, 1.54) is 0 Å². The highest BCUT2D eigenvalue weighted by Gasteiger charge is 2.47. The van der Waals surface area contributed by atoms with Gasteiger partial charge in [0.1, 0.15) is 6.61 Å². The molecule has 1 heterocycles. The molecule has 0 spiro atoms. The van der Waals surface area contributed by atoms with E-state index in [0.717, 1.165) is 51.4 Å². The number of hydrogen-bond donors (Lipinski definition) is 3. The van der Waals surface area contributed by atoms with Crippen molar-refractivity contribution in [3.05, 3.63) is 12.2 Å². The molecule has 1 aliphatic carbocycles. The van der Waals surface area contributed by atoms with Gasteiger partial charge in [0.05, 0.1) is 23.9 Å². The van der Waals surface area contributed by atoms with Crippen LogP contribution in [0.3, 0.4) is 0 Å². The smallest absolute Gasteiger partial charge is 0.158 e. The molecule has 2 rings (SSSR count). The number of aliphatic hydroxyl groups is 3. The van der Waals surface area contributed by atoms with Gasteiger partial charge in [-0.3, -0.25) is 4.79 Å². The summed E-state index contributed by atoms with van der Waals surface area (Å²) in [5.41, 5.74) is -0.629. The van der Waals surface area contributed by atoms with Crippen molar-refractivity contribution in [3.8, 4) is 0 Å². The third-order valence-corrected chi connectivity index (χ3v) is 6.71. The Balaban J connectivity index is 1.80. The van der Waals surface area contributed by atoms with E-state index in [2.05, 4.69) is 19.1 Å². The van der Waals surface area contributed by atoms with Gasteiger partial charge in [-0.05, 0) is 44.4 Å². The minimum Gasteiger partial charge on any atom is -0.392 e. The van der Waals surface area contributed by atoms with Crippen LogP contribution in [0.2, 0.25) is 0 Å². The maximum Gasteiger partial charge on any atom is 0.158 e. The number of Topliss-reactive ketones (excluding diaryl/α,β-unsaturated/α-hetero) is 1. The van der Waals surface area contributed by atoms with E-state index < -0.39 is 5.60 Å². The van der Waals surface area contributed by atoms with Crippen LogP contribution in [0.25, 0.3) is 0 Å². The maximum atomic E-state index is 11.2. The van der Waals surface area contributed by atoms with E-state index in [1.807, 2.05) is 6.92 Å². The molecule has 2 fully saturated rings. The zero-order valence-electron chi connectivity index (χ0n) is 17.7. The van der Waals surface area contributed by atoms with Crippen LogP contribution in [0.1, 0.15) is 84.5 Å². The fraction of sp³-hybridized carbons (Fsp3) is 0.870. The summed E-state index contributed by atoms with van der Waals surface area (Å²) in [6.07, 6.45) is 13.3. The molecular weight excluding hydrogens is 356 g/mol. The van der Waals surface area contributed by atoms with E-state index in [4.69, 9.17) is 9.84 Å². The number of rotatable bonds is 13. The van der Waals surface area contributed by atoms with Gasteiger partial charge in [0.2, 0.25) is 0 Å². The first-order chi connectivity index (χ1) is 13.4. The lowest BCUT2D eigenvalue weighted by atomic mass is 9.86. The van der Waals surface area contributed by atoms with Crippen LogP contribution < -0.4 is 0 Å². The SMILES string of the molecule is CCCCC(O)(CC)CC=C[C@@H]1[C@H]2C[C@H](CCCCC(=O)CO)O[C@@H]2C[C@H]1O. The van der Waals surface area contributed by atoms with Crippen molar-refractivity contribution in [2.75, 3.05) is 6.61 Å². The maximum absolute atomic E-state index is 11.2. The Bertz CT molecular complexity index is 505. The van der Waals surface area contributed by atoms with Crippen LogP contribution in [-0.4, -0.2) is 51.6 Å². The van der Waals surface area contributed by atoms with Gasteiger partial charge in [0, 0.05) is 18.8 Å². The molecule has 0 aromatic heterocycles. The topological polar surface area (TPSA) is 87.0 Å². The van der Waals surface area contributed by atoms with Gasteiger partial charge in [0.25, 0.3) is 0 Å². The summed E-state index contributed by atoms with van der Waals surface area (Å²) in [4.78, 5) is 11.2. The Morgan fingerprint density at radius 1 is 1.21 bits per heavy atom. The third-order valence-electron chi connectivity index (χ3n) is 6.71. The monoisotopic (exact) mass is 396 g/mol. The molecule has 1 aliphatic heterocycles. The Morgan fingerprint density at radius 2 is 2.00 bits per heavy atom. The molecule has 5 heteroatoms. The highest BCUT2D eigenvalue weighted by atomic mass is 16.5. The second kappa shape index (κ2) is 11.4. The van der Waals surface area contributed by atoms with Crippen LogP contribution >= 0.6 is 0 Å². The lowest BCUT2D eigenvalue weighted by Crippen LogP contribution is -2.27. The van der Waals surface area contributed by atoms with Crippen molar-refractivity contribution in [3.63, 3.8) is 0 Å². The molecule has 0 aromatic rings. The molecule has 1 saturated carbocycles. The minimum absolute atomic E-state index is 0.0940. The molecule has 1 unspecified atom stereocenters. The number of carbonyl (C=O) groups excluding carboxylic acids is 1. The molecule has 1 saturated heterocycles. The molecule has 162 valence electrons. The van der Waals surface area contributed by atoms with Crippen LogP contribution in [0.4, 0.5) is 0 Å². The molecule has 0 amide bonds. The predicted octanol–water partition coefficient (Wildman–Crippen LogP) is 3.54. The Hall–Kier alpha value is -0.750. The van der Waals surface area contributed by atoms with Crippen molar-refractivity contribution >= 4 is 5.78 Å². The number of hydrogen-bond acceptors (Lipinski definition) is 5. The standard InChI is InChI=1S/C23H40O5/c1-3-5-12-23(27,4-2)13-8-11-19-20-14-18(28-22(20)15-21(19)26)10-7-6-9-17(25)16-24/h8,11,18-22,24,26-27H,3-7,9-10,12-16H2,1-2H3/t18-,19+,20+,21+,22+,23?/m0/s1. The molecule has 3 N–H and O–H groups in total. The summed E-state index contributed by atoms with van der Waals surface area (Å²) >= 11 is 0. The Morgan fingerprint density at radius 3 is 2.68 bits per heavy atom. The number of fused-ring (bicyclic) bond motifs is 1. The third kappa shape index (κ3) is 6.65. The first kappa shape index (κ1) is 23.5. The first-order valence-electron chi connectivity index (χ1n) is 11.3. The van der Waals surface area contributed by atoms with Gasteiger partial charge < -0.3 is 20.1 Å². The van der Waals surface area contributed by atoms with Crippen LogP contribution in [0, 0.1) is 11.8 Å². The van der Waals surface area contributed by atoms with Crippen molar-refractivity contribution in [1.29, 1.82) is 0 Å². The highest BCUT2D eigenvalue weighted by Crippen LogP contribution is 2.45. The lowest BCUT2D eigenvalue weighted by molar-refractivity contribution is -0.121. The summed E-state index contributed by atoms with van der Waals surface area (Å²) in [6, 6.07) is 0. The number of carbonyl (C=O) groups is 1. The van der Waals surface area contributed by atoms with Gasteiger partial charge in [-0.15, -0.1) is 0 Å². The second-order valence-electron chi connectivity index (χ2n) is 8.83. The van der Waals surface area contributed by atoms with Gasteiger partial charge in [-0.25, -0.2) is 0 Å². The van der Waals surface area contributed by atoms with E-state index >= 15 is 0 Å². The first-order valence-corrected chi connectivity index (χ1v) is 11.3. The molecule has 28 heavy (non-hydrogen) atoms. The van der Waals surface area contributed by atoms with Gasteiger partial charge >= 0.3 is 0 Å². The normalized spacial score (nSPS) is 32.0. The number of unbranched alkanes of at least 4 members (excludes halogenated alkanes) is 2. The molecule has 5 nitrogen and oxygen atoms in total. The molecule has 0 aromatic carbocycles. The molecule has 6 atom stereocenters. The van der Waals surface area contributed by atoms with Crippen molar-refractivity contribution in [1.82, 2.24) is 0 Å². The van der Waals surface area contributed by atoms with E-state index in [0.29, 0.717) is 25.2 Å². The average Bonchev–Trinajstić information content (AvgIpc) is 3.20. The minimum atomic E-state index is -0.629. The predicted molar refractivity (Wildman–Crippen MR) is 110 cm³/mol. The van der Waals surface area contributed by atoms with E-state index in [-0.39, 0.29) is 36.6 Å². The highest BCUT2D eigenvalue weighted by molar-refractivity contribution is 5.79. The number of aliphatic hydroxyl groups excluding tert-OH is 2. The number of ether oxygens (including phenoxy) is 1. The average molecular weight is 397 g/mol. The number of ketones is 1. The van der Waals surface area contributed by atoms with Crippen LogP contribution in [0.15, 0.2) is 12.2 Å². The summed E-state index contributed by atoms with van der Waals surface area (Å²) < 4.78 is 6.16. The van der Waals surface area contributed by atoms with Crippen molar-refractivity contribution in [2.24, 2.45) is 11.8 Å². The quantitative estimate of drug-likeness (QED) is 0.327. The Kier molecular flexibility index (Phi) is 9.61. The summed E-state index contributed by atoms with van der Waals surface area (Å²) in [7, 11) is 0. The van der Waals surface area contributed by atoms with E-state index in [9.17, 15) is 15.0 Å². The van der Waals surface area contributed by atoms with E-state index in [1.54, 1.807) is 0 Å². The second-order valence-corrected chi connectivity index (χ2v) is 8.83. The fourth-order valence-electron chi connectivity index (χ4n) is 4.78. The molecular formula is C23H40O5. The van der Waals surface area contributed by atoms with Crippen molar-refractivity contribution < 1.29 is 24.9 Å².